The number of hydrogen-bond acceptors (Lipinski definition) is 3. The van der Waals surface area contributed by atoms with Crippen molar-refractivity contribution in [2.75, 3.05) is 7.05 Å². The first kappa shape index (κ1) is 8.55. The van der Waals surface area contributed by atoms with E-state index < -0.39 is 0 Å². The Kier molecular flexibility index (Phi) is 2.66. The molecule has 0 saturated heterocycles. The van der Waals surface area contributed by atoms with E-state index in [-0.39, 0.29) is 0 Å². The Labute approximate surface area is 70.9 Å². The lowest BCUT2D eigenvalue weighted by molar-refractivity contribution is 0.307. The lowest BCUT2D eigenvalue weighted by Gasteiger charge is -2.12. The topological polar surface area (TPSA) is 61.8 Å². The highest BCUT2D eigenvalue weighted by Crippen LogP contribution is 2.01. The maximum atomic E-state index is 8.62. The van der Waals surface area contributed by atoms with Gasteiger partial charge in [0.15, 0.2) is 5.84 Å². The van der Waals surface area contributed by atoms with Gasteiger partial charge in [0.1, 0.15) is 0 Å². The third kappa shape index (κ3) is 1.73. The largest absolute Gasteiger partial charge is 0.409 e. The Morgan fingerprint density at radius 2 is 2.00 bits per heavy atom. The van der Waals surface area contributed by atoms with E-state index in [1.165, 1.54) is 5.01 Å². The summed E-state index contributed by atoms with van der Waals surface area (Å²) in [6.45, 7) is 0. The van der Waals surface area contributed by atoms with Crippen LogP contribution in [0.5, 0.6) is 0 Å². The Morgan fingerprint density at radius 3 is 2.42 bits per heavy atom. The fourth-order valence-electron chi connectivity index (χ4n) is 0.919. The zero-order chi connectivity index (χ0) is 8.97. The normalized spacial score (nSPS) is 11.3. The zero-order valence-corrected chi connectivity index (χ0v) is 6.81. The number of nitrogens with zero attached hydrogens (tertiary/aromatic N) is 2. The second kappa shape index (κ2) is 3.73. The Morgan fingerprint density at radius 1 is 1.42 bits per heavy atom. The predicted molar refractivity (Wildman–Crippen MR) is 46.7 cm³/mol. The van der Waals surface area contributed by atoms with Crippen LogP contribution in [0.2, 0.25) is 0 Å². The van der Waals surface area contributed by atoms with E-state index in [0.717, 1.165) is 5.56 Å². The van der Waals surface area contributed by atoms with Crippen molar-refractivity contribution in [2.24, 2.45) is 11.0 Å². The summed E-state index contributed by atoms with van der Waals surface area (Å²) >= 11 is 0. The molecule has 0 aliphatic rings. The van der Waals surface area contributed by atoms with Gasteiger partial charge in [-0.2, -0.15) is 0 Å². The molecule has 0 atom stereocenters. The third-order valence-corrected chi connectivity index (χ3v) is 1.46. The van der Waals surface area contributed by atoms with Crippen LogP contribution < -0.4 is 5.84 Å². The number of hydrogen-bond donors (Lipinski definition) is 2. The van der Waals surface area contributed by atoms with E-state index >= 15 is 0 Å². The molecule has 12 heavy (non-hydrogen) atoms. The fourth-order valence-corrected chi connectivity index (χ4v) is 0.919. The zero-order valence-electron chi connectivity index (χ0n) is 6.81. The van der Waals surface area contributed by atoms with E-state index in [0.29, 0.717) is 5.84 Å². The highest BCUT2D eigenvalue weighted by molar-refractivity contribution is 5.97. The van der Waals surface area contributed by atoms with Crippen LogP contribution in [0, 0.1) is 0 Å². The number of hydrazine groups is 1. The SMILES string of the molecule is CN(N)C(=NO)c1ccccc1. The van der Waals surface area contributed by atoms with Crippen molar-refractivity contribution in [1.29, 1.82) is 0 Å². The summed E-state index contributed by atoms with van der Waals surface area (Å²) < 4.78 is 0. The summed E-state index contributed by atoms with van der Waals surface area (Å²) in [7, 11) is 1.61. The second-order valence-electron chi connectivity index (χ2n) is 2.40. The van der Waals surface area contributed by atoms with E-state index in [9.17, 15) is 0 Å². The molecule has 0 saturated carbocycles. The van der Waals surface area contributed by atoms with E-state index in [1.54, 1.807) is 7.05 Å². The molecule has 0 amide bonds. The smallest absolute Gasteiger partial charge is 0.188 e. The fraction of sp³-hybridized carbons (Fsp3) is 0.125. The van der Waals surface area contributed by atoms with Crippen molar-refractivity contribution in [3.63, 3.8) is 0 Å². The Balaban J connectivity index is 2.97. The van der Waals surface area contributed by atoms with Crippen molar-refractivity contribution in [2.45, 2.75) is 0 Å². The molecule has 0 aromatic heterocycles. The van der Waals surface area contributed by atoms with Crippen LogP contribution in [0.25, 0.3) is 0 Å². The minimum atomic E-state index is 0.343. The summed E-state index contributed by atoms with van der Waals surface area (Å²) in [4.78, 5) is 0. The molecular formula is C8H11N3O. The lowest BCUT2D eigenvalue weighted by Crippen LogP contribution is -2.33. The molecule has 3 N–H and O–H groups in total. The number of nitrogens with two attached hydrogens (primary N) is 1. The molecule has 1 aromatic rings. The molecule has 0 heterocycles. The van der Waals surface area contributed by atoms with Crippen molar-refractivity contribution < 1.29 is 5.21 Å². The van der Waals surface area contributed by atoms with Gasteiger partial charge in [-0.05, 0) is 0 Å². The molecule has 0 fully saturated rings. The van der Waals surface area contributed by atoms with Gasteiger partial charge in [-0.1, -0.05) is 35.5 Å². The third-order valence-electron chi connectivity index (χ3n) is 1.46. The van der Waals surface area contributed by atoms with E-state index in [1.807, 2.05) is 30.3 Å². The Bertz CT molecular complexity index is 269. The van der Waals surface area contributed by atoms with Crippen LogP contribution in [-0.2, 0) is 0 Å². The van der Waals surface area contributed by atoms with Crippen LogP contribution in [-0.4, -0.2) is 23.1 Å². The molecule has 0 unspecified atom stereocenters. The molecule has 4 heteroatoms. The van der Waals surface area contributed by atoms with Crippen LogP contribution in [0.15, 0.2) is 35.5 Å². The van der Waals surface area contributed by atoms with Gasteiger partial charge in [-0.3, -0.25) is 5.01 Å². The summed E-state index contributed by atoms with van der Waals surface area (Å²) in [6, 6.07) is 9.22. The Hall–Kier alpha value is -1.55. The van der Waals surface area contributed by atoms with Gasteiger partial charge in [0, 0.05) is 12.6 Å². The van der Waals surface area contributed by atoms with Crippen LogP contribution in [0.1, 0.15) is 5.56 Å². The van der Waals surface area contributed by atoms with E-state index in [2.05, 4.69) is 5.16 Å². The van der Waals surface area contributed by atoms with Gasteiger partial charge in [-0.25, -0.2) is 5.84 Å². The highest BCUT2D eigenvalue weighted by atomic mass is 16.4. The van der Waals surface area contributed by atoms with Crippen molar-refractivity contribution >= 4 is 5.84 Å². The molecule has 1 rings (SSSR count). The van der Waals surface area contributed by atoms with Crippen LogP contribution in [0.3, 0.4) is 0 Å². The molecule has 0 aliphatic carbocycles. The second-order valence-corrected chi connectivity index (χ2v) is 2.40. The number of amidine groups is 1. The molecular weight excluding hydrogens is 154 g/mol. The number of rotatable bonds is 1. The van der Waals surface area contributed by atoms with Gasteiger partial charge in [0.05, 0.1) is 0 Å². The predicted octanol–water partition coefficient (Wildman–Crippen LogP) is 0.628. The van der Waals surface area contributed by atoms with Crippen molar-refractivity contribution in [3.8, 4) is 0 Å². The maximum Gasteiger partial charge on any atom is 0.188 e. The highest BCUT2D eigenvalue weighted by Gasteiger charge is 2.04. The van der Waals surface area contributed by atoms with Gasteiger partial charge in [0.25, 0.3) is 0 Å². The molecule has 0 spiro atoms. The molecule has 4 nitrogen and oxygen atoms in total. The number of oxime groups is 1. The summed E-state index contributed by atoms with van der Waals surface area (Å²) in [5.41, 5.74) is 0.782. The summed E-state index contributed by atoms with van der Waals surface area (Å²) in [6.07, 6.45) is 0. The summed E-state index contributed by atoms with van der Waals surface area (Å²) in [5.74, 6) is 5.76. The molecule has 0 radical (unpaired) electrons. The molecule has 64 valence electrons. The molecule has 0 bridgehead atoms. The maximum absolute atomic E-state index is 8.62. The van der Waals surface area contributed by atoms with Crippen molar-refractivity contribution in [3.05, 3.63) is 35.9 Å². The first-order chi connectivity index (χ1) is 5.75. The van der Waals surface area contributed by atoms with Crippen LogP contribution >= 0.6 is 0 Å². The van der Waals surface area contributed by atoms with E-state index in [4.69, 9.17) is 11.0 Å². The minimum absolute atomic E-state index is 0.343. The lowest BCUT2D eigenvalue weighted by atomic mass is 10.2. The minimum Gasteiger partial charge on any atom is -0.409 e. The average Bonchev–Trinajstić information content (AvgIpc) is 2.07. The van der Waals surface area contributed by atoms with Crippen molar-refractivity contribution in [1.82, 2.24) is 5.01 Å². The summed E-state index contributed by atoms with van der Waals surface area (Å²) in [5, 5.41) is 13.0. The first-order valence-electron chi connectivity index (χ1n) is 3.51. The monoisotopic (exact) mass is 165 g/mol. The van der Waals surface area contributed by atoms with Gasteiger partial charge in [-0.15, -0.1) is 0 Å². The first-order valence-corrected chi connectivity index (χ1v) is 3.51. The average molecular weight is 165 g/mol. The molecule has 1 aromatic carbocycles. The molecule has 0 aliphatic heterocycles. The number of benzene rings is 1. The van der Waals surface area contributed by atoms with Gasteiger partial charge < -0.3 is 5.21 Å². The standard InChI is InChI=1S/C8H11N3O/c1-11(9)8(10-12)7-5-3-2-4-6-7/h2-6,12H,9H2,1H3. The van der Waals surface area contributed by atoms with Crippen LogP contribution in [0.4, 0.5) is 0 Å². The van der Waals surface area contributed by atoms with Gasteiger partial charge >= 0.3 is 0 Å². The quantitative estimate of drug-likeness (QED) is 0.211. The van der Waals surface area contributed by atoms with Gasteiger partial charge in [0.2, 0.25) is 0 Å².